The van der Waals surface area contributed by atoms with Crippen LogP contribution in [-0.2, 0) is 0 Å². The molecule has 0 bridgehead atoms. The van der Waals surface area contributed by atoms with E-state index < -0.39 is 0 Å². The van der Waals surface area contributed by atoms with Crippen molar-refractivity contribution in [3.8, 4) is 6.07 Å². The highest BCUT2D eigenvalue weighted by atomic mass is 79.9. The first kappa shape index (κ1) is 12.6. The second kappa shape index (κ2) is 5.65. The third-order valence-electron chi connectivity index (χ3n) is 2.68. The Kier molecular flexibility index (Phi) is 3.96. The van der Waals surface area contributed by atoms with Crippen LogP contribution in [0.3, 0.4) is 0 Å². The molecule has 0 amide bonds. The molecule has 0 saturated carbocycles. The van der Waals surface area contributed by atoms with E-state index in [4.69, 9.17) is 5.26 Å². The molecule has 1 atom stereocenters. The number of hydrogen-bond acceptors (Lipinski definition) is 3. The molecule has 2 rings (SSSR count). The van der Waals surface area contributed by atoms with E-state index in [1.54, 1.807) is 18.5 Å². The maximum absolute atomic E-state index is 9.01. The topological polar surface area (TPSA) is 48.7 Å². The normalized spacial score (nSPS) is 11.6. The zero-order valence-corrected chi connectivity index (χ0v) is 11.5. The van der Waals surface area contributed by atoms with E-state index in [2.05, 4.69) is 39.2 Å². The van der Waals surface area contributed by atoms with Crippen molar-refractivity contribution in [2.75, 3.05) is 5.32 Å². The maximum Gasteiger partial charge on any atom is 0.101 e. The Morgan fingerprint density at radius 2 is 2.00 bits per heavy atom. The molecule has 2 aromatic rings. The number of benzene rings is 1. The van der Waals surface area contributed by atoms with E-state index in [9.17, 15) is 0 Å². The van der Waals surface area contributed by atoms with Crippen molar-refractivity contribution in [3.63, 3.8) is 0 Å². The molecule has 0 fully saturated rings. The summed E-state index contributed by atoms with van der Waals surface area (Å²) < 4.78 is 1.05. The van der Waals surface area contributed by atoms with Gasteiger partial charge in [0, 0.05) is 16.7 Å². The Morgan fingerprint density at radius 3 is 2.67 bits per heavy atom. The van der Waals surface area contributed by atoms with Gasteiger partial charge in [0.1, 0.15) is 6.07 Å². The van der Waals surface area contributed by atoms with Crippen LogP contribution < -0.4 is 5.32 Å². The number of pyridine rings is 1. The highest BCUT2D eigenvalue weighted by Gasteiger charge is 2.08. The summed E-state index contributed by atoms with van der Waals surface area (Å²) in [6, 6.07) is 12.1. The molecule has 0 saturated heterocycles. The zero-order chi connectivity index (χ0) is 13.0. The van der Waals surface area contributed by atoms with Crippen molar-refractivity contribution in [3.05, 3.63) is 58.3 Å². The van der Waals surface area contributed by atoms with E-state index >= 15 is 0 Å². The Morgan fingerprint density at radius 1 is 1.28 bits per heavy atom. The third kappa shape index (κ3) is 2.88. The van der Waals surface area contributed by atoms with E-state index in [1.165, 1.54) is 0 Å². The lowest BCUT2D eigenvalue weighted by Gasteiger charge is -2.16. The minimum atomic E-state index is 0.120. The molecule has 1 unspecified atom stereocenters. The molecule has 0 aliphatic rings. The molecule has 1 heterocycles. The van der Waals surface area contributed by atoms with E-state index in [-0.39, 0.29) is 6.04 Å². The zero-order valence-electron chi connectivity index (χ0n) is 9.89. The Hall–Kier alpha value is -1.86. The number of rotatable bonds is 3. The molecule has 3 nitrogen and oxygen atoms in total. The van der Waals surface area contributed by atoms with Gasteiger partial charge in [0.2, 0.25) is 0 Å². The number of halogens is 1. The average molecular weight is 302 g/mol. The fourth-order valence-corrected chi connectivity index (χ4v) is 1.94. The number of nitriles is 1. The number of nitrogens with zero attached hydrogens (tertiary/aromatic N) is 2. The monoisotopic (exact) mass is 301 g/mol. The largest absolute Gasteiger partial charge is 0.376 e. The second-order valence-electron chi connectivity index (χ2n) is 3.95. The lowest BCUT2D eigenvalue weighted by atomic mass is 10.1. The van der Waals surface area contributed by atoms with Gasteiger partial charge in [0.05, 0.1) is 17.4 Å². The first-order valence-electron chi connectivity index (χ1n) is 5.57. The fourth-order valence-electron chi connectivity index (χ4n) is 1.68. The summed E-state index contributed by atoms with van der Waals surface area (Å²) in [7, 11) is 0. The van der Waals surface area contributed by atoms with Crippen molar-refractivity contribution in [1.29, 1.82) is 5.26 Å². The minimum Gasteiger partial charge on any atom is -0.376 e. The third-order valence-corrected chi connectivity index (χ3v) is 3.21. The van der Waals surface area contributed by atoms with Crippen LogP contribution in [0.2, 0.25) is 0 Å². The van der Waals surface area contributed by atoms with Gasteiger partial charge in [-0.3, -0.25) is 4.98 Å². The average Bonchev–Trinajstić information content (AvgIpc) is 2.40. The highest BCUT2D eigenvalue weighted by Crippen LogP contribution is 2.22. The van der Waals surface area contributed by atoms with Gasteiger partial charge >= 0.3 is 0 Å². The number of aromatic nitrogens is 1. The SMILES string of the molecule is CC(Nc1cnccc1C#N)c1ccc(Br)cc1. The predicted octanol–water partition coefficient (Wildman–Crippen LogP) is 3.89. The van der Waals surface area contributed by atoms with Crippen molar-refractivity contribution in [2.45, 2.75) is 13.0 Å². The molecule has 4 heteroatoms. The van der Waals surface area contributed by atoms with Crippen LogP contribution in [0.25, 0.3) is 0 Å². The first-order chi connectivity index (χ1) is 8.70. The Bertz CT molecular complexity index is 572. The summed E-state index contributed by atoms with van der Waals surface area (Å²) in [6.45, 7) is 2.05. The molecule has 1 aromatic heterocycles. The Labute approximate surface area is 115 Å². The van der Waals surface area contributed by atoms with Crippen LogP contribution in [0.15, 0.2) is 47.2 Å². The summed E-state index contributed by atoms with van der Waals surface area (Å²) >= 11 is 3.41. The van der Waals surface area contributed by atoms with Crippen molar-refractivity contribution < 1.29 is 0 Å². The van der Waals surface area contributed by atoms with Crippen molar-refractivity contribution >= 4 is 21.6 Å². The number of nitrogens with one attached hydrogen (secondary N) is 1. The van der Waals surface area contributed by atoms with E-state index in [0.29, 0.717) is 5.56 Å². The lowest BCUT2D eigenvalue weighted by molar-refractivity contribution is 0.881. The second-order valence-corrected chi connectivity index (χ2v) is 4.87. The summed E-state index contributed by atoms with van der Waals surface area (Å²) in [5.74, 6) is 0. The van der Waals surface area contributed by atoms with Gasteiger partial charge in [0.15, 0.2) is 0 Å². The molecular weight excluding hydrogens is 290 g/mol. The van der Waals surface area contributed by atoms with Crippen LogP contribution in [0, 0.1) is 11.3 Å². The van der Waals surface area contributed by atoms with Gasteiger partial charge in [-0.1, -0.05) is 28.1 Å². The number of anilines is 1. The predicted molar refractivity (Wildman–Crippen MR) is 75.1 cm³/mol. The molecule has 0 aliphatic carbocycles. The maximum atomic E-state index is 9.01. The van der Waals surface area contributed by atoms with Crippen LogP contribution in [0.1, 0.15) is 24.1 Å². The fraction of sp³-hybridized carbons (Fsp3) is 0.143. The van der Waals surface area contributed by atoms with E-state index in [0.717, 1.165) is 15.7 Å². The summed E-state index contributed by atoms with van der Waals surface area (Å²) in [4.78, 5) is 4.03. The first-order valence-corrected chi connectivity index (χ1v) is 6.36. The van der Waals surface area contributed by atoms with Crippen molar-refractivity contribution in [2.24, 2.45) is 0 Å². The van der Waals surface area contributed by atoms with Gasteiger partial charge in [-0.05, 0) is 30.7 Å². The molecular formula is C14H12BrN3. The molecule has 1 N–H and O–H groups in total. The standard InChI is InChI=1S/C14H12BrN3/c1-10(11-2-4-13(15)5-3-11)18-14-9-17-7-6-12(14)8-16/h2-7,9-10,18H,1H3. The summed E-state index contributed by atoms with van der Waals surface area (Å²) in [6.07, 6.45) is 3.29. The Balaban J connectivity index is 2.19. The molecule has 1 aromatic carbocycles. The summed E-state index contributed by atoms with van der Waals surface area (Å²) in [5, 5.41) is 12.3. The van der Waals surface area contributed by atoms with Crippen LogP contribution in [0.5, 0.6) is 0 Å². The molecule has 0 spiro atoms. The highest BCUT2D eigenvalue weighted by molar-refractivity contribution is 9.10. The lowest BCUT2D eigenvalue weighted by Crippen LogP contribution is -2.07. The molecule has 18 heavy (non-hydrogen) atoms. The van der Waals surface area contributed by atoms with Crippen molar-refractivity contribution in [1.82, 2.24) is 4.98 Å². The molecule has 0 radical (unpaired) electrons. The van der Waals surface area contributed by atoms with Gasteiger partial charge < -0.3 is 5.32 Å². The minimum absolute atomic E-state index is 0.120. The van der Waals surface area contributed by atoms with Gasteiger partial charge in [-0.2, -0.15) is 5.26 Å². The van der Waals surface area contributed by atoms with E-state index in [1.807, 2.05) is 24.3 Å². The van der Waals surface area contributed by atoms with Crippen LogP contribution in [-0.4, -0.2) is 4.98 Å². The van der Waals surface area contributed by atoms with Gasteiger partial charge in [0.25, 0.3) is 0 Å². The summed E-state index contributed by atoms with van der Waals surface area (Å²) in [5.41, 5.74) is 2.52. The molecule has 0 aliphatic heterocycles. The van der Waals surface area contributed by atoms with Crippen LogP contribution >= 0.6 is 15.9 Å². The van der Waals surface area contributed by atoms with Gasteiger partial charge in [-0.15, -0.1) is 0 Å². The molecule has 90 valence electrons. The van der Waals surface area contributed by atoms with Crippen LogP contribution in [0.4, 0.5) is 5.69 Å². The quantitative estimate of drug-likeness (QED) is 0.935. The van der Waals surface area contributed by atoms with Gasteiger partial charge in [-0.25, -0.2) is 0 Å². The smallest absolute Gasteiger partial charge is 0.101 e. The number of hydrogen-bond donors (Lipinski definition) is 1.